The maximum absolute atomic E-state index is 13.4. The van der Waals surface area contributed by atoms with Crippen LogP contribution in [-0.2, 0) is 9.84 Å². The molecule has 1 atom stereocenters. The standard InChI is InChI=1S/C25H29F3N2O5S/c26-25(27,28)34-19-2-1-3-20(14-19)36(32,33)23(18-7-8-18)9-4-16-10-12-30(13-11-16)24(31)21-15-22(35-29-21)17-5-6-17/h1-3,14-18,23H,4-13H2. The Hall–Kier alpha value is -2.56. The van der Waals surface area contributed by atoms with Crippen molar-refractivity contribution in [2.45, 2.75) is 73.8 Å². The minimum absolute atomic E-state index is 0.0247. The van der Waals surface area contributed by atoms with Gasteiger partial charge in [-0.25, -0.2) is 8.42 Å². The molecule has 0 N–H and O–H groups in total. The van der Waals surface area contributed by atoms with E-state index in [9.17, 15) is 26.4 Å². The summed E-state index contributed by atoms with van der Waals surface area (Å²) in [5.41, 5.74) is 0.340. The van der Waals surface area contributed by atoms with Crippen molar-refractivity contribution in [1.29, 1.82) is 0 Å². The first kappa shape index (κ1) is 25.1. The molecule has 196 valence electrons. The molecular weight excluding hydrogens is 497 g/mol. The van der Waals surface area contributed by atoms with Gasteiger partial charge in [0.2, 0.25) is 0 Å². The number of rotatable bonds is 9. The number of piperidine rings is 1. The molecule has 11 heteroatoms. The molecule has 0 bridgehead atoms. The van der Waals surface area contributed by atoms with Crippen LogP contribution >= 0.6 is 0 Å². The van der Waals surface area contributed by atoms with Gasteiger partial charge in [-0.2, -0.15) is 0 Å². The van der Waals surface area contributed by atoms with E-state index in [1.165, 1.54) is 12.1 Å². The van der Waals surface area contributed by atoms with Gasteiger partial charge in [-0.15, -0.1) is 13.2 Å². The summed E-state index contributed by atoms with van der Waals surface area (Å²) in [4.78, 5) is 14.4. The van der Waals surface area contributed by atoms with Crippen LogP contribution in [0.1, 0.15) is 73.5 Å². The third-order valence-corrected chi connectivity index (χ3v) is 9.73. The average Bonchev–Trinajstić information content (AvgIpc) is 3.77. The van der Waals surface area contributed by atoms with E-state index >= 15 is 0 Å². The van der Waals surface area contributed by atoms with Crippen molar-refractivity contribution < 1.29 is 35.6 Å². The Morgan fingerprint density at radius 1 is 1.11 bits per heavy atom. The van der Waals surface area contributed by atoms with Gasteiger partial charge in [0, 0.05) is 25.1 Å². The topological polar surface area (TPSA) is 89.7 Å². The molecule has 3 fully saturated rings. The lowest BCUT2D eigenvalue weighted by atomic mass is 9.91. The zero-order valence-electron chi connectivity index (χ0n) is 19.7. The number of carbonyl (C=O) groups is 1. The van der Waals surface area contributed by atoms with Crippen molar-refractivity contribution in [3.05, 3.63) is 41.8 Å². The SMILES string of the molecule is O=C(c1cc(C2CC2)on1)N1CCC(CCC(C2CC2)S(=O)(=O)c2cccc(OC(F)(F)F)c2)CC1. The van der Waals surface area contributed by atoms with E-state index in [2.05, 4.69) is 9.89 Å². The largest absolute Gasteiger partial charge is 0.573 e. The molecule has 5 rings (SSSR count). The molecule has 2 aromatic rings. The number of nitrogens with zero attached hydrogens (tertiary/aromatic N) is 2. The number of benzene rings is 1. The van der Waals surface area contributed by atoms with Gasteiger partial charge in [-0.1, -0.05) is 11.2 Å². The molecule has 1 saturated heterocycles. The number of likely N-dealkylation sites (tertiary alicyclic amines) is 1. The summed E-state index contributed by atoms with van der Waals surface area (Å²) in [6.45, 7) is 1.15. The smallest absolute Gasteiger partial charge is 0.406 e. The van der Waals surface area contributed by atoms with E-state index in [1.54, 1.807) is 11.0 Å². The summed E-state index contributed by atoms with van der Waals surface area (Å²) in [7, 11) is -3.81. The Morgan fingerprint density at radius 3 is 2.47 bits per heavy atom. The Bertz CT molecular complexity index is 1200. The number of alkyl halides is 3. The van der Waals surface area contributed by atoms with E-state index < -0.39 is 27.2 Å². The normalized spacial score (nSPS) is 20.4. The highest BCUT2D eigenvalue weighted by atomic mass is 32.2. The highest BCUT2D eigenvalue weighted by molar-refractivity contribution is 7.92. The predicted octanol–water partition coefficient (Wildman–Crippen LogP) is 5.34. The molecule has 36 heavy (non-hydrogen) atoms. The molecule has 2 heterocycles. The quantitative estimate of drug-likeness (QED) is 0.439. The van der Waals surface area contributed by atoms with Gasteiger partial charge in [0.15, 0.2) is 15.5 Å². The minimum atomic E-state index is -4.89. The molecule has 2 aliphatic carbocycles. The Kier molecular flexibility index (Phi) is 6.78. The third-order valence-electron chi connectivity index (χ3n) is 7.40. The molecule has 1 aromatic heterocycles. The van der Waals surface area contributed by atoms with E-state index in [-0.39, 0.29) is 22.6 Å². The number of sulfone groups is 1. The molecule has 3 aliphatic rings. The summed E-state index contributed by atoms with van der Waals surface area (Å²) >= 11 is 0. The van der Waals surface area contributed by atoms with Crippen LogP contribution in [0.15, 0.2) is 39.8 Å². The Balaban J connectivity index is 1.17. The number of ether oxygens (including phenoxy) is 1. The van der Waals surface area contributed by atoms with Crippen LogP contribution < -0.4 is 4.74 Å². The molecule has 1 amide bonds. The lowest BCUT2D eigenvalue weighted by molar-refractivity contribution is -0.274. The van der Waals surface area contributed by atoms with Gasteiger partial charge in [-0.05, 0) is 81.4 Å². The van der Waals surface area contributed by atoms with Crippen molar-refractivity contribution in [1.82, 2.24) is 10.1 Å². The van der Waals surface area contributed by atoms with Gasteiger partial charge in [0.05, 0.1) is 10.1 Å². The fourth-order valence-corrected chi connectivity index (χ4v) is 7.20. The number of carbonyl (C=O) groups excluding carboxylic acids is 1. The van der Waals surface area contributed by atoms with Crippen molar-refractivity contribution in [2.75, 3.05) is 13.1 Å². The highest BCUT2D eigenvalue weighted by Gasteiger charge is 2.41. The second-order valence-corrected chi connectivity index (χ2v) is 12.3. The van der Waals surface area contributed by atoms with Gasteiger partial charge in [0.1, 0.15) is 11.5 Å². The number of aromatic nitrogens is 1. The summed E-state index contributed by atoms with van der Waals surface area (Å²) in [5.74, 6) is 0.799. The Labute approximate surface area is 207 Å². The molecule has 0 radical (unpaired) electrons. The Morgan fingerprint density at radius 2 is 1.83 bits per heavy atom. The van der Waals surface area contributed by atoms with Crippen LogP contribution in [0.4, 0.5) is 13.2 Å². The lowest BCUT2D eigenvalue weighted by Crippen LogP contribution is -2.39. The van der Waals surface area contributed by atoms with Crippen LogP contribution in [0, 0.1) is 11.8 Å². The van der Waals surface area contributed by atoms with Gasteiger partial charge in [0.25, 0.3) is 5.91 Å². The van der Waals surface area contributed by atoms with E-state index in [4.69, 9.17) is 4.52 Å². The van der Waals surface area contributed by atoms with E-state index in [0.29, 0.717) is 37.5 Å². The monoisotopic (exact) mass is 526 g/mol. The molecule has 7 nitrogen and oxygen atoms in total. The van der Waals surface area contributed by atoms with Gasteiger partial charge < -0.3 is 14.2 Å². The third kappa shape index (κ3) is 5.87. The first-order valence-corrected chi connectivity index (χ1v) is 14.0. The summed E-state index contributed by atoms with van der Waals surface area (Å²) in [6.07, 6.45) is 1.53. The zero-order valence-corrected chi connectivity index (χ0v) is 20.6. The van der Waals surface area contributed by atoms with E-state index in [0.717, 1.165) is 56.4 Å². The zero-order chi connectivity index (χ0) is 25.5. The first-order valence-electron chi connectivity index (χ1n) is 12.5. The molecule has 0 spiro atoms. The predicted molar refractivity (Wildman–Crippen MR) is 123 cm³/mol. The van der Waals surface area contributed by atoms with Crippen LogP contribution in [-0.4, -0.2) is 49.1 Å². The maximum atomic E-state index is 13.4. The highest BCUT2D eigenvalue weighted by Crippen LogP contribution is 2.42. The second kappa shape index (κ2) is 9.72. The second-order valence-electron chi connectivity index (χ2n) is 10.1. The number of hydrogen-bond acceptors (Lipinski definition) is 6. The van der Waals surface area contributed by atoms with Crippen LogP contribution in [0.25, 0.3) is 0 Å². The number of hydrogen-bond donors (Lipinski definition) is 0. The van der Waals surface area contributed by atoms with Gasteiger partial charge in [-0.3, -0.25) is 4.79 Å². The summed E-state index contributed by atoms with van der Waals surface area (Å²) in [5, 5.41) is 3.30. The van der Waals surface area contributed by atoms with Crippen molar-refractivity contribution >= 4 is 15.7 Å². The van der Waals surface area contributed by atoms with Crippen LogP contribution in [0.5, 0.6) is 5.75 Å². The van der Waals surface area contributed by atoms with E-state index in [1.807, 2.05) is 0 Å². The molecule has 1 aromatic carbocycles. The molecular formula is C25H29F3N2O5S. The number of halogens is 3. The fourth-order valence-electron chi connectivity index (χ4n) is 5.07. The van der Waals surface area contributed by atoms with Crippen LogP contribution in [0.2, 0.25) is 0 Å². The van der Waals surface area contributed by atoms with Crippen molar-refractivity contribution in [3.63, 3.8) is 0 Å². The molecule has 2 saturated carbocycles. The average molecular weight is 527 g/mol. The minimum Gasteiger partial charge on any atom is -0.406 e. The fraction of sp³-hybridized carbons (Fsp3) is 0.600. The lowest BCUT2D eigenvalue weighted by Gasteiger charge is -2.32. The maximum Gasteiger partial charge on any atom is 0.573 e. The van der Waals surface area contributed by atoms with Crippen molar-refractivity contribution in [2.24, 2.45) is 11.8 Å². The summed E-state index contributed by atoms with van der Waals surface area (Å²) < 4.78 is 73.7. The first-order chi connectivity index (χ1) is 17.1. The summed E-state index contributed by atoms with van der Waals surface area (Å²) in [6, 6.07) is 6.40. The number of amides is 1. The van der Waals surface area contributed by atoms with Crippen molar-refractivity contribution in [3.8, 4) is 5.75 Å². The molecule has 1 aliphatic heterocycles. The van der Waals surface area contributed by atoms with Gasteiger partial charge >= 0.3 is 6.36 Å². The van der Waals surface area contributed by atoms with Crippen LogP contribution in [0.3, 0.4) is 0 Å². The molecule has 1 unspecified atom stereocenters.